The van der Waals surface area contributed by atoms with Crippen LogP contribution in [0.4, 0.5) is 0 Å². The van der Waals surface area contributed by atoms with Gasteiger partial charge in [0.15, 0.2) is 0 Å². The molecule has 1 atom stereocenters. The average Bonchev–Trinajstić information content (AvgIpc) is 2.00. The zero-order valence-electron chi connectivity index (χ0n) is 6.92. The zero-order valence-corrected chi connectivity index (χ0v) is 6.92. The molecule has 0 aromatic rings. The van der Waals surface area contributed by atoms with E-state index in [4.69, 9.17) is 10.7 Å². The van der Waals surface area contributed by atoms with Crippen LogP contribution in [0.25, 0.3) is 0 Å². The lowest BCUT2D eigenvalue weighted by Crippen LogP contribution is -2.32. The molecule has 0 aromatic carbocycles. The number of nitrogens with two attached hydrogens (primary N) is 1. The van der Waals surface area contributed by atoms with Crippen LogP contribution in [0.1, 0.15) is 27.2 Å². The third-order valence-electron chi connectivity index (χ3n) is 1.52. The zero-order chi connectivity index (χ0) is 8.04. The largest absolute Gasteiger partial charge is 0.295 e. The van der Waals surface area contributed by atoms with Gasteiger partial charge in [-0.05, 0) is 20.3 Å². The lowest BCUT2D eigenvalue weighted by atomic mass is 10.1. The van der Waals surface area contributed by atoms with E-state index < -0.39 is 0 Å². The maximum atomic E-state index is 5.07. The Morgan fingerprint density at radius 2 is 2.20 bits per heavy atom. The van der Waals surface area contributed by atoms with Gasteiger partial charge in [0.05, 0.1) is 0 Å². The van der Waals surface area contributed by atoms with Gasteiger partial charge in [0.2, 0.25) is 0 Å². The summed E-state index contributed by atoms with van der Waals surface area (Å²) in [4.78, 5) is 8.80. The van der Waals surface area contributed by atoms with E-state index in [0.29, 0.717) is 0 Å². The van der Waals surface area contributed by atoms with Crippen LogP contribution in [0.3, 0.4) is 0 Å². The molecule has 2 N–H and O–H groups in total. The van der Waals surface area contributed by atoms with E-state index in [-0.39, 0.29) is 5.60 Å². The summed E-state index contributed by atoms with van der Waals surface area (Å²) in [6.45, 7) is 6.67. The molecule has 0 bridgehead atoms. The summed E-state index contributed by atoms with van der Waals surface area (Å²) in [5.41, 5.74) is -0.379. The quantitative estimate of drug-likeness (QED) is 0.475. The minimum absolute atomic E-state index is 0.379. The Labute approximate surface area is 62.2 Å². The summed E-state index contributed by atoms with van der Waals surface area (Å²) in [6.07, 6.45) is 2.60. The van der Waals surface area contributed by atoms with Gasteiger partial charge in [-0.2, -0.15) is 0 Å². The van der Waals surface area contributed by atoms with Crippen LogP contribution in [-0.4, -0.2) is 18.4 Å². The highest BCUT2D eigenvalue weighted by molar-refractivity contribution is 5.67. The first-order valence-corrected chi connectivity index (χ1v) is 3.57. The fourth-order valence-electron chi connectivity index (χ4n) is 0.489. The van der Waals surface area contributed by atoms with Crippen LogP contribution >= 0.6 is 0 Å². The molecule has 0 rings (SSSR count). The molecule has 0 aliphatic carbocycles. The van der Waals surface area contributed by atoms with Crippen molar-refractivity contribution in [2.75, 3.05) is 6.54 Å². The van der Waals surface area contributed by atoms with Crippen molar-refractivity contribution in [2.24, 2.45) is 10.9 Å². The summed E-state index contributed by atoms with van der Waals surface area (Å²) < 4.78 is 0. The van der Waals surface area contributed by atoms with Crippen molar-refractivity contribution in [2.45, 2.75) is 32.8 Å². The number of hydrogen-bond donors (Lipinski definition) is 1. The van der Waals surface area contributed by atoms with Gasteiger partial charge < -0.3 is 0 Å². The molecule has 0 saturated carbocycles. The standard InChI is InChI=1S/C7H16N2O/c1-4-7(3,10-8)6-9-5-2/h6H,4-5,8H2,1-3H3. The lowest BCUT2D eigenvalue weighted by Gasteiger charge is -2.19. The van der Waals surface area contributed by atoms with Crippen LogP contribution in [-0.2, 0) is 4.84 Å². The minimum atomic E-state index is -0.379. The fourth-order valence-corrected chi connectivity index (χ4v) is 0.489. The first kappa shape index (κ1) is 9.59. The van der Waals surface area contributed by atoms with Gasteiger partial charge in [0.25, 0.3) is 0 Å². The maximum absolute atomic E-state index is 5.07. The molecule has 0 heterocycles. The molecule has 0 amide bonds. The van der Waals surface area contributed by atoms with E-state index >= 15 is 0 Å². The van der Waals surface area contributed by atoms with Gasteiger partial charge >= 0.3 is 0 Å². The normalized spacial score (nSPS) is 17.6. The third kappa shape index (κ3) is 2.94. The van der Waals surface area contributed by atoms with Crippen molar-refractivity contribution in [3.63, 3.8) is 0 Å². The highest BCUT2D eigenvalue weighted by Gasteiger charge is 2.18. The summed E-state index contributed by atoms with van der Waals surface area (Å²) in [6, 6.07) is 0. The molecule has 0 radical (unpaired) electrons. The number of hydrogen-bond acceptors (Lipinski definition) is 3. The summed E-state index contributed by atoms with van der Waals surface area (Å²) in [5, 5.41) is 0. The Bertz CT molecular complexity index is 108. The van der Waals surface area contributed by atoms with E-state index in [1.165, 1.54) is 0 Å². The van der Waals surface area contributed by atoms with Gasteiger partial charge in [-0.15, -0.1) is 0 Å². The Morgan fingerprint density at radius 3 is 2.50 bits per heavy atom. The second-order valence-corrected chi connectivity index (χ2v) is 2.41. The smallest absolute Gasteiger partial charge is 0.121 e. The molecular formula is C7H16N2O. The van der Waals surface area contributed by atoms with Gasteiger partial charge in [-0.3, -0.25) is 9.83 Å². The Kier molecular flexibility index (Phi) is 4.23. The molecule has 0 aromatic heterocycles. The van der Waals surface area contributed by atoms with Crippen molar-refractivity contribution in [3.8, 4) is 0 Å². The van der Waals surface area contributed by atoms with Crippen molar-refractivity contribution in [1.29, 1.82) is 0 Å². The Morgan fingerprint density at radius 1 is 1.60 bits per heavy atom. The first-order valence-electron chi connectivity index (χ1n) is 3.57. The number of nitrogens with zero attached hydrogens (tertiary/aromatic N) is 1. The van der Waals surface area contributed by atoms with Crippen molar-refractivity contribution >= 4 is 6.21 Å². The van der Waals surface area contributed by atoms with Crippen LogP contribution in [0.5, 0.6) is 0 Å². The monoisotopic (exact) mass is 144 g/mol. The van der Waals surface area contributed by atoms with E-state index in [2.05, 4.69) is 4.99 Å². The molecule has 0 aliphatic rings. The van der Waals surface area contributed by atoms with Gasteiger partial charge in [0, 0.05) is 12.8 Å². The highest BCUT2D eigenvalue weighted by atomic mass is 16.6. The predicted octanol–water partition coefficient (Wildman–Crippen LogP) is 1.14. The molecule has 3 heteroatoms. The maximum Gasteiger partial charge on any atom is 0.121 e. The SMILES string of the molecule is CCN=CC(C)(CC)ON. The number of aliphatic imine (C=N–C) groups is 1. The van der Waals surface area contributed by atoms with Crippen LogP contribution in [0.15, 0.2) is 4.99 Å². The van der Waals surface area contributed by atoms with Gasteiger partial charge in [-0.1, -0.05) is 6.92 Å². The van der Waals surface area contributed by atoms with Crippen LogP contribution < -0.4 is 5.90 Å². The second kappa shape index (κ2) is 4.41. The predicted molar refractivity (Wildman–Crippen MR) is 43.0 cm³/mol. The summed E-state index contributed by atoms with van der Waals surface area (Å²) in [5.74, 6) is 5.07. The topological polar surface area (TPSA) is 47.6 Å². The lowest BCUT2D eigenvalue weighted by molar-refractivity contribution is 0.0210. The summed E-state index contributed by atoms with van der Waals surface area (Å²) >= 11 is 0. The van der Waals surface area contributed by atoms with E-state index in [1.54, 1.807) is 6.21 Å². The van der Waals surface area contributed by atoms with Gasteiger partial charge in [0.1, 0.15) is 5.60 Å². The first-order chi connectivity index (χ1) is 4.68. The van der Waals surface area contributed by atoms with Crippen LogP contribution in [0.2, 0.25) is 0 Å². The molecule has 0 spiro atoms. The average molecular weight is 144 g/mol. The van der Waals surface area contributed by atoms with Crippen LogP contribution in [0, 0.1) is 0 Å². The Balaban J connectivity index is 3.92. The Hall–Kier alpha value is -0.410. The van der Waals surface area contributed by atoms with E-state index in [0.717, 1.165) is 13.0 Å². The molecule has 0 fully saturated rings. The number of rotatable bonds is 4. The van der Waals surface area contributed by atoms with Gasteiger partial charge in [-0.25, -0.2) is 5.90 Å². The van der Waals surface area contributed by atoms with Crippen molar-refractivity contribution in [1.82, 2.24) is 0 Å². The second-order valence-electron chi connectivity index (χ2n) is 2.41. The van der Waals surface area contributed by atoms with E-state index in [9.17, 15) is 0 Å². The summed E-state index contributed by atoms with van der Waals surface area (Å²) in [7, 11) is 0. The van der Waals surface area contributed by atoms with Crippen molar-refractivity contribution in [3.05, 3.63) is 0 Å². The van der Waals surface area contributed by atoms with Crippen molar-refractivity contribution < 1.29 is 4.84 Å². The molecule has 1 unspecified atom stereocenters. The van der Waals surface area contributed by atoms with E-state index in [1.807, 2.05) is 20.8 Å². The third-order valence-corrected chi connectivity index (χ3v) is 1.52. The molecular weight excluding hydrogens is 128 g/mol. The minimum Gasteiger partial charge on any atom is -0.295 e. The fraction of sp³-hybridized carbons (Fsp3) is 0.857. The molecule has 10 heavy (non-hydrogen) atoms. The molecule has 60 valence electrons. The molecule has 0 saturated heterocycles. The molecule has 3 nitrogen and oxygen atoms in total. The highest BCUT2D eigenvalue weighted by Crippen LogP contribution is 2.08. The molecule has 0 aliphatic heterocycles.